The van der Waals surface area contributed by atoms with E-state index in [2.05, 4.69) is 5.32 Å². The number of para-hydroxylation sites is 1. The van der Waals surface area contributed by atoms with Gasteiger partial charge in [-0.15, -0.1) is 0 Å². The molecule has 1 aromatic heterocycles. The molecule has 14 heteroatoms. The number of carbonyl (C=O) groups is 4. The minimum Gasteiger partial charge on any atom is -0.493 e. The van der Waals surface area contributed by atoms with Crippen LogP contribution >= 0.6 is 11.6 Å². The Kier molecular flexibility index (Phi) is 12.8. The van der Waals surface area contributed by atoms with Gasteiger partial charge in [0, 0.05) is 46.4 Å². The highest BCUT2D eigenvalue weighted by molar-refractivity contribution is 6.30. The summed E-state index contributed by atoms with van der Waals surface area (Å²) in [6.07, 6.45) is -1.95. The molecule has 288 valence electrons. The average Bonchev–Trinajstić information content (AvgIpc) is 3.46. The number of carbonyl (C=O) groups excluding carboxylic acids is 4. The summed E-state index contributed by atoms with van der Waals surface area (Å²) in [5.74, 6) is -1.18. The van der Waals surface area contributed by atoms with E-state index < -0.39 is 41.4 Å². The molecule has 0 saturated heterocycles. The van der Waals surface area contributed by atoms with Crippen LogP contribution in [0.15, 0.2) is 59.0 Å². The van der Waals surface area contributed by atoms with Crippen molar-refractivity contribution in [3.05, 3.63) is 76.5 Å². The molecule has 0 saturated carbocycles. The van der Waals surface area contributed by atoms with E-state index in [1.807, 2.05) is 20.8 Å². The predicted molar refractivity (Wildman–Crippen MR) is 202 cm³/mol. The first kappa shape index (κ1) is 39.9. The van der Waals surface area contributed by atoms with Crippen molar-refractivity contribution in [3.63, 3.8) is 0 Å². The van der Waals surface area contributed by atoms with Crippen LogP contribution in [-0.2, 0) is 28.6 Å². The number of methoxy groups -OCH3 is 2. The summed E-state index contributed by atoms with van der Waals surface area (Å²) in [6.45, 7) is 9.29. The lowest BCUT2D eigenvalue weighted by Crippen LogP contribution is -2.46. The number of fused-ring (bicyclic) bond motifs is 2. The Morgan fingerprint density at radius 1 is 0.963 bits per heavy atom. The zero-order valence-corrected chi connectivity index (χ0v) is 32.2. The monoisotopic (exact) mass is 764 g/mol. The van der Waals surface area contributed by atoms with Crippen molar-refractivity contribution in [3.8, 4) is 17.2 Å². The van der Waals surface area contributed by atoms with E-state index >= 15 is 0 Å². The first-order valence-electron chi connectivity index (χ1n) is 17.6. The minimum absolute atomic E-state index is 0.0342. The molecule has 3 aromatic carbocycles. The average molecular weight is 765 g/mol. The number of ether oxygens (including phenoxy) is 6. The molecule has 0 unspecified atom stereocenters. The maximum Gasteiger partial charge on any atom is 0.378 e. The summed E-state index contributed by atoms with van der Waals surface area (Å²) in [5.41, 5.74) is 1.62. The number of esters is 2. The molecule has 2 atom stereocenters. The van der Waals surface area contributed by atoms with Crippen LogP contribution < -0.4 is 24.4 Å². The molecule has 1 N–H and O–H groups in total. The van der Waals surface area contributed by atoms with E-state index in [4.69, 9.17) is 44.4 Å². The third kappa shape index (κ3) is 8.91. The van der Waals surface area contributed by atoms with Crippen LogP contribution in [0.3, 0.4) is 0 Å². The number of nitrogens with one attached hydrogen (secondary N) is 1. The minimum atomic E-state index is -1.31. The number of hydrogen-bond acceptors (Lipinski definition) is 11. The standard InChI is InChI=1S/C40H45ClN2O11/c1-8-17-51-36-28-19-25(14-16-30(28)53-37(36)39(47)50-9-2)42-33(45)20-32-38(46)43(21-40(4,5)22-52-23(3)44)29-15-13-24(41)18-27(29)34(54-32)26-11-10-12-31(48-6)35(26)49-7/h10-16,18-19,32,34H,8-9,17,20-22H2,1-7H3,(H,42,45)/t32-,34-/m1/s1. The van der Waals surface area contributed by atoms with Crippen LogP contribution in [-0.4, -0.2) is 70.4 Å². The maximum atomic E-state index is 14.6. The Bertz CT molecular complexity index is 2020. The molecule has 0 fully saturated rings. The molecule has 4 aromatic rings. The molecule has 0 aliphatic carbocycles. The molecule has 0 radical (unpaired) electrons. The largest absolute Gasteiger partial charge is 0.493 e. The third-order valence-corrected chi connectivity index (χ3v) is 8.82. The normalized spacial score (nSPS) is 15.6. The van der Waals surface area contributed by atoms with E-state index in [-0.39, 0.29) is 37.7 Å². The smallest absolute Gasteiger partial charge is 0.378 e. The molecule has 0 bridgehead atoms. The van der Waals surface area contributed by atoms with E-state index in [1.165, 1.54) is 21.1 Å². The molecule has 2 heterocycles. The van der Waals surface area contributed by atoms with Gasteiger partial charge in [-0.2, -0.15) is 0 Å². The SMILES string of the molecule is CCCOc1c(C(=O)OCC)oc2ccc(NC(=O)C[C@H]3O[C@H](c4cccc(OC)c4OC)c4cc(Cl)ccc4N(CC(C)(C)COC(C)=O)C3=O)cc12. The van der Waals surface area contributed by atoms with Gasteiger partial charge in [0.25, 0.3) is 11.7 Å². The Hall–Kier alpha value is -5.27. The van der Waals surface area contributed by atoms with Crippen LogP contribution in [0.1, 0.15) is 75.2 Å². The molecule has 54 heavy (non-hydrogen) atoms. The highest BCUT2D eigenvalue weighted by Gasteiger charge is 2.41. The van der Waals surface area contributed by atoms with Crippen LogP contribution in [0.25, 0.3) is 11.0 Å². The van der Waals surface area contributed by atoms with Gasteiger partial charge in [0.1, 0.15) is 17.8 Å². The lowest BCUT2D eigenvalue weighted by Gasteiger charge is -2.33. The zero-order chi connectivity index (χ0) is 39.2. The lowest BCUT2D eigenvalue weighted by atomic mass is 9.92. The summed E-state index contributed by atoms with van der Waals surface area (Å²) in [7, 11) is 3.02. The fraction of sp³-hybridized carbons (Fsp3) is 0.400. The van der Waals surface area contributed by atoms with Gasteiger partial charge < -0.3 is 43.1 Å². The first-order chi connectivity index (χ1) is 25.8. The number of halogens is 1. The summed E-state index contributed by atoms with van der Waals surface area (Å²) in [6, 6.07) is 15.3. The van der Waals surface area contributed by atoms with Gasteiger partial charge in [-0.05, 0) is 55.8 Å². The van der Waals surface area contributed by atoms with Gasteiger partial charge in [-0.3, -0.25) is 14.4 Å². The molecule has 5 rings (SSSR count). The van der Waals surface area contributed by atoms with Crippen LogP contribution in [0.4, 0.5) is 11.4 Å². The molecular weight excluding hydrogens is 720 g/mol. The Balaban J connectivity index is 1.54. The topological polar surface area (TPSA) is 152 Å². The number of nitrogens with zero attached hydrogens (tertiary/aromatic N) is 1. The molecule has 13 nitrogen and oxygen atoms in total. The van der Waals surface area contributed by atoms with Gasteiger partial charge in [0.2, 0.25) is 5.91 Å². The lowest BCUT2D eigenvalue weighted by molar-refractivity contribution is -0.144. The van der Waals surface area contributed by atoms with Crippen LogP contribution in [0.5, 0.6) is 17.2 Å². The quantitative estimate of drug-likeness (QED) is 0.120. The van der Waals surface area contributed by atoms with E-state index in [0.29, 0.717) is 63.0 Å². The van der Waals surface area contributed by atoms with Gasteiger partial charge in [-0.1, -0.05) is 44.5 Å². The Morgan fingerprint density at radius 2 is 1.74 bits per heavy atom. The number of anilines is 2. The molecular formula is C40H45ClN2O11. The molecule has 1 aliphatic heterocycles. The Labute approximate surface area is 318 Å². The maximum absolute atomic E-state index is 14.6. The first-order valence-corrected chi connectivity index (χ1v) is 17.9. The van der Waals surface area contributed by atoms with Crippen LogP contribution in [0.2, 0.25) is 5.02 Å². The van der Waals surface area contributed by atoms with Gasteiger partial charge in [-0.25, -0.2) is 4.79 Å². The van der Waals surface area contributed by atoms with Crippen LogP contribution in [0, 0.1) is 5.41 Å². The summed E-state index contributed by atoms with van der Waals surface area (Å²) < 4.78 is 40.2. The number of amides is 2. The van der Waals surface area contributed by atoms with Crippen molar-refractivity contribution < 1.29 is 52.0 Å². The van der Waals surface area contributed by atoms with Crippen molar-refractivity contribution >= 4 is 57.7 Å². The van der Waals surface area contributed by atoms with E-state index in [1.54, 1.807) is 66.4 Å². The van der Waals surface area contributed by atoms with E-state index in [0.717, 1.165) is 0 Å². The van der Waals surface area contributed by atoms with Crippen molar-refractivity contribution in [2.45, 2.75) is 59.7 Å². The predicted octanol–water partition coefficient (Wildman–Crippen LogP) is 7.51. The highest BCUT2D eigenvalue weighted by Crippen LogP contribution is 2.46. The van der Waals surface area contributed by atoms with Crippen molar-refractivity contribution in [1.82, 2.24) is 0 Å². The second kappa shape index (κ2) is 17.3. The second-order valence-corrected chi connectivity index (χ2v) is 13.9. The number of hydrogen-bond donors (Lipinski definition) is 1. The molecule has 2 amide bonds. The van der Waals surface area contributed by atoms with Crippen molar-refractivity contribution in [2.24, 2.45) is 5.41 Å². The summed E-state index contributed by atoms with van der Waals surface area (Å²) in [4.78, 5) is 54.5. The fourth-order valence-corrected chi connectivity index (χ4v) is 6.39. The number of furan rings is 1. The fourth-order valence-electron chi connectivity index (χ4n) is 6.21. The summed E-state index contributed by atoms with van der Waals surface area (Å²) >= 11 is 6.56. The molecule has 0 spiro atoms. The highest BCUT2D eigenvalue weighted by atomic mass is 35.5. The zero-order valence-electron chi connectivity index (χ0n) is 31.4. The summed E-state index contributed by atoms with van der Waals surface area (Å²) in [5, 5.41) is 3.73. The van der Waals surface area contributed by atoms with Gasteiger partial charge >= 0.3 is 11.9 Å². The molecule has 1 aliphatic rings. The van der Waals surface area contributed by atoms with E-state index in [9.17, 15) is 19.2 Å². The van der Waals surface area contributed by atoms with Crippen molar-refractivity contribution in [2.75, 3.05) is 50.8 Å². The van der Waals surface area contributed by atoms with Gasteiger partial charge in [0.15, 0.2) is 17.2 Å². The second-order valence-electron chi connectivity index (χ2n) is 13.5. The number of benzene rings is 3. The number of rotatable bonds is 15. The third-order valence-electron chi connectivity index (χ3n) is 8.58. The van der Waals surface area contributed by atoms with Gasteiger partial charge in [0.05, 0.1) is 45.8 Å². The Morgan fingerprint density at radius 3 is 2.43 bits per heavy atom. The van der Waals surface area contributed by atoms with Crippen molar-refractivity contribution in [1.29, 1.82) is 0 Å².